The van der Waals surface area contributed by atoms with Crippen molar-refractivity contribution in [3.63, 3.8) is 0 Å². The van der Waals surface area contributed by atoms with Gasteiger partial charge in [-0.05, 0) is 35.2 Å². The minimum atomic E-state index is 0.247. The van der Waals surface area contributed by atoms with E-state index in [2.05, 4.69) is 48.6 Å². The van der Waals surface area contributed by atoms with Crippen LogP contribution in [-0.4, -0.2) is 18.3 Å². The number of benzene rings is 2. The summed E-state index contributed by atoms with van der Waals surface area (Å²) in [5.41, 5.74) is 1.12. The second-order valence-electron chi connectivity index (χ2n) is 4.40. The second kappa shape index (κ2) is 5.69. The fourth-order valence-electron chi connectivity index (χ4n) is 1.90. The molecule has 2 aromatic carbocycles. The van der Waals surface area contributed by atoms with Crippen LogP contribution >= 0.6 is 0 Å². The van der Waals surface area contributed by atoms with Crippen LogP contribution in [0.15, 0.2) is 42.5 Å². The van der Waals surface area contributed by atoms with Gasteiger partial charge in [0.15, 0.2) is 0 Å². The average molecular weight is 229 g/mol. The molecule has 0 fully saturated rings. The molecule has 2 nitrogen and oxygen atoms in total. The van der Waals surface area contributed by atoms with Crippen LogP contribution in [0, 0.1) is 5.92 Å². The summed E-state index contributed by atoms with van der Waals surface area (Å²) in [6, 6.07) is 14.7. The zero-order valence-electron chi connectivity index (χ0n) is 10.2. The predicted octanol–water partition coefficient (Wildman–Crippen LogP) is 3.27. The van der Waals surface area contributed by atoms with Gasteiger partial charge in [-0.25, -0.2) is 0 Å². The molecule has 2 aromatic rings. The van der Waals surface area contributed by atoms with E-state index in [1.165, 1.54) is 10.8 Å². The lowest BCUT2D eigenvalue weighted by molar-refractivity contribution is 0.230. The number of rotatable bonds is 5. The Balaban J connectivity index is 2.09. The number of anilines is 1. The van der Waals surface area contributed by atoms with E-state index in [0.717, 1.165) is 18.7 Å². The number of aliphatic hydroxyl groups excluding tert-OH is 1. The van der Waals surface area contributed by atoms with E-state index < -0.39 is 0 Å². The molecule has 0 saturated heterocycles. The van der Waals surface area contributed by atoms with Crippen molar-refractivity contribution in [2.45, 2.75) is 13.3 Å². The minimum Gasteiger partial charge on any atom is -0.396 e. The lowest BCUT2D eigenvalue weighted by atomic mass is 10.1. The highest BCUT2D eigenvalue weighted by molar-refractivity contribution is 5.85. The van der Waals surface area contributed by atoms with Gasteiger partial charge in [-0.1, -0.05) is 37.3 Å². The highest BCUT2D eigenvalue weighted by Gasteiger charge is 2.04. The van der Waals surface area contributed by atoms with Gasteiger partial charge in [0.2, 0.25) is 0 Å². The van der Waals surface area contributed by atoms with Crippen LogP contribution in [0.3, 0.4) is 0 Å². The first-order chi connectivity index (χ1) is 8.33. The largest absolute Gasteiger partial charge is 0.396 e. The van der Waals surface area contributed by atoms with Gasteiger partial charge in [0.25, 0.3) is 0 Å². The summed E-state index contributed by atoms with van der Waals surface area (Å²) in [5, 5.41) is 15.0. The molecular weight excluding hydrogens is 210 g/mol. The van der Waals surface area contributed by atoms with Crippen LogP contribution in [0.5, 0.6) is 0 Å². The summed E-state index contributed by atoms with van der Waals surface area (Å²) >= 11 is 0. The normalized spacial score (nSPS) is 12.6. The third-order valence-corrected chi connectivity index (χ3v) is 3.18. The molecule has 0 saturated carbocycles. The van der Waals surface area contributed by atoms with Gasteiger partial charge >= 0.3 is 0 Å². The lowest BCUT2D eigenvalue weighted by Crippen LogP contribution is -2.16. The number of hydrogen-bond donors (Lipinski definition) is 2. The highest BCUT2D eigenvalue weighted by atomic mass is 16.3. The van der Waals surface area contributed by atoms with Gasteiger partial charge < -0.3 is 10.4 Å². The average Bonchev–Trinajstić information content (AvgIpc) is 2.40. The first-order valence-electron chi connectivity index (χ1n) is 6.17. The van der Waals surface area contributed by atoms with E-state index in [1.54, 1.807) is 0 Å². The molecule has 0 spiro atoms. The third-order valence-electron chi connectivity index (χ3n) is 3.18. The smallest absolute Gasteiger partial charge is 0.0475 e. The zero-order chi connectivity index (χ0) is 12.1. The van der Waals surface area contributed by atoms with Crippen molar-refractivity contribution >= 4 is 16.5 Å². The molecule has 0 aliphatic rings. The van der Waals surface area contributed by atoms with Crippen molar-refractivity contribution in [3.8, 4) is 0 Å². The van der Waals surface area contributed by atoms with E-state index in [4.69, 9.17) is 5.11 Å². The van der Waals surface area contributed by atoms with E-state index >= 15 is 0 Å². The van der Waals surface area contributed by atoms with E-state index in [9.17, 15) is 0 Å². The molecule has 0 aliphatic carbocycles. The quantitative estimate of drug-likeness (QED) is 0.824. The molecule has 90 valence electrons. The Morgan fingerprint density at radius 2 is 1.88 bits per heavy atom. The molecule has 2 rings (SSSR count). The summed E-state index contributed by atoms with van der Waals surface area (Å²) in [7, 11) is 0. The Morgan fingerprint density at radius 3 is 2.59 bits per heavy atom. The maximum absolute atomic E-state index is 9.14. The summed E-state index contributed by atoms with van der Waals surface area (Å²) in [6.07, 6.45) is 0.997. The summed E-state index contributed by atoms with van der Waals surface area (Å²) < 4.78 is 0. The van der Waals surface area contributed by atoms with Gasteiger partial charge in [0, 0.05) is 18.8 Å². The Morgan fingerprint density at radius 1 is 1.12 bits per heavy atom. The molecule has 0 aliphatic heterocycles. The van der Waals surface area contributed by atoms with Crippen LogP contribution in [0.4, 0.5) is 5.69 Å². The number of nitrogens with one attached hydrogen (secondary N) is 1. The zero-order valence-corrected chi connectivity index (χ0v) is 10.2. The predicted molar refractivity (Wildman–Crippen MR) is 73.3 cm³/mol. The van der Waals surface area contributed by atoms with Crippen LogP contribution in [0.2, 0.25) is 0 Å². The monoisotopic (exact) mass is 229 g/mol. The second-order valence-corrected chi connectivity index (χ2v) is 4.40. The van der Waals surface area contributed by atoms with Crippen molar-refractivity contribution in [3.05, 3.63) is 42.5 Å². The van der Waals surface area contributed by atoms with Gasteiger partial charge in [0.05, 0.1) is 0 Å². The summed E-state index contributed by atoms with van der Waals surface area (Å²) in [5.74, 6) is 0.335. The van der Waals surface area contributed by atoms with Crippen molar-refractivity contribution < 1.29 is 5.11 Å². The molecule has 0 amide bonds. The van der Waals surface area contributed by atoms with Crippen LogP contribution in [0.25, 0.3) is 10.8 Å². The number of fused-ring (bicyclic) bond motifs is 1. The van der Waals surface area contributed by atoms with Crippen molar-refractivity contribution in [2.24, 2.45) is 5.92 Å². The van der Waals surface area contributed by atoms with Crippen molar-refractivity contribution in [1.82, 2.24) is 0 Å². The standard InChI is InChI=1S/C15H19NO/c1-2-12(11-17)10-16-15-8-7-13-5-3-4-6-14(13)9-15/h3-9,12,16-17H,2,10-11H2,1H3. The molecule has 1 unspecified atom stereocenters. The topological polar surface area (TPSA) is 32.3 Å². The molecule has 17 heavy (non-hydrogen) atoms. The van der Waals surface area contributed by atoms with Crippen molar-refractivity contribution in [1.29, 1.82) is 0 Å². The van der Waals surface area contributed by atoms with Crippen LogP contribution in [-0.2, 0) is 0 Å². The minimum absolute atomic E-state index is 0.247. The van der Waals surface area contributed by atoms with E-state index in [0.29, 0.717) is 5.92 Å². The molecule has 2 heteroatoms. The first-order valence-corrected chi connectivity index (χ1v) is 6.17. The van der Waals surface area contributed by atoms with E-state index in [1.807, 2.05) is 6.07 Å². The molecule has 2 N–H and O–H groups in total. The highest BCUT2D eigenvalue weighted by Crippen LogP contribution is 2.19. The van der Waals surface area contributed by atoms with Gasteiger partial charge in [-0.2, -0.15) is 0 Å². The van der Waals surface area contributed by atoms with Crippen LogP contribution < -0.4 is 5.32 Å². The SMILES string of the molecule is CCC(CO)CNc1ccc2ccccc2c1. The van der Waals surface area contributed by atoms with Gasteiger partial charge in [-0.15, -0.1) is 0 Å². The maximum Gasteiger partial charge on any atom is 0.0475 e. The Hall–Kier alpha value is -1.54. The maximum atomic E-state index is 9.14. The van der Waals surface area contributed by atoms with Crippen LogP contribution in [0.1, 0.15) is 13.3 Å². The van der Waals surface area contributed by atoms with Crippen molar-refractivity contribution in [2.75, 3.05) is 18.5 Å². The Bertz CT molecular complexity index is 477. The fourth-order valence-corrected chi connectivity index (χ4v) is 1.90. The Labute approximate surface area is 102 Å². The molecule has 0 bridgehead atoms. The molecule has 0 aromatic heterocycles. The summed E-state index contributed by atoms with van der Waals surface area (Å²) in [4.78, 5) is 0. The third kappa shape index (κ3) is 2.98. The summed E-state index contributed by atoms with van der Waals surface area (Å²) in [6.45, 7) is 3.17. The molecular formula is C15H19NO. The fraction of sp³-hybridized carbons (Fsp3) is 0.333. The number of hydrogen-bond acceptors (Lipinski definition) is 2. The first kappa shape index (κ1) is 11.9. The molecule has 0 radical (unpaired) electrons. The lowest BCUT2D eigenvalue weighted by Gasteiger charge is -2.14. The molecule has 1 atom stereocenters. The number of aliphatic hydroxyl groups is 1. The van der Waals surface area contributed by atoms with E-state index in [-0.39, 0.29) is 6.61 Å². The van der Waals surface area contributed by atoms with Gasteiger partial charge in [0.1, 0.15) is 0 Å². The molecule has 0 heterocycles. The Kier molecular flexibility index (Phi) is 3.99. The van der Waals surface area contributed by atoms with Gasteiger partial charge in [-0.3, -0.25) is 0 Å².